The van der Waals surface area contributed by atoms with Crippen LogP contribution in [0.5, 0.6) is 0 Å². The molecule has 0 bridgehead atoms. The fourth-order valence-corrected chi connectivity index (χ4v) is 3.66. The van der Waals surface area contributed by atoms with Crippen molar-refractivity contribution in [3.05, 3.63) is 84.5 Å². The van der Waals surface area contributed by atoms with Crippen LogP contribution in [0.2, 0.25) is 0 Å². The molecule has 1 aromatic rings. The van der Waals surface area contributed by atoms with Crippen LogP contribution < -0.4 is 24.8 Å². The Hall–Kier alpha value is -0.140. The van der Waals surface area contributed by atoms with Gasteiger partial charge in [0.15, 0.2) is 0 Å². The summed E-state index contributed by atoms with van der Waals surface area (Å²) in [6.07, 6.45) is 20.7. The fourth-order valence-electron chi connectivity index (χ4n) is 1.41. The summed E-state index contributed by atoms with van der Waals surface area (Å²) >= 11 is 1.72. The van der Waals surface area contributed by atoms with Gasteiger partial charge in [0.05, 0.1) is 0 Å². The van der Waals surface area contributed by atoms with Crippen molar-refractivity contribution in [2.75, 3.05) is 0 Å². The van der Waals surface area contributed by atoms with Gasteiger partial charge < -0.3 is 24.8 Å². The van der Waals surface area contributed by atoms with Crippen molar-refractivity contribution >= 4 is 6.16 Å². The zero-order chi connectivity index (χ0) is 13.6. The summed E-state index contributed by atoms with van der Waals surface area (Å²) in [5, 5.41) is 0. The molecule has 0 aromatic heterocycles. The van der Waals surface area contributed by atoms with Crippen molar-refractivity contribution in [2.24, 2.45) is 0 Å². The Morgan fingerprint density at radius 1 is 0.905 bits per heavy atom. The van der Waals surface area contributed by atoms with E-state index in [2.05, 4.69) is 54.6 Å². The Kier molecular flexibility index (Phi) is 19.7. The van der Waals surface area contributed by atoms with Gasteiger partial charge in [-0.3, -0.25) is 12.2 Å². The SMILES string of the molecule is [C-]1=CC=CC1.[C-]1=CC=CC1.[Cl-].[Cl-].[Zr+2]=[SiH]Cc1ccccc1. The second-order valence-corrected chi connectivity index (χ2v) is 7.73. The predicted octanol–water partition coefficient (Wildman–Crippen LogP) is -2.30. The van der Waals surface area contributed by atoms with Gasteiger partial charge in [-0.25, -0.2) is 24.3 Å². The van der Waals surface area contributed by atoms with Crippen molar-refractivity contribution in [1.82, 2.24) is 0 Å². The fraction of sp³-hybridized carbons (Fsp3) is 0.176. The molecule has 4 heteroatoms. The van der Waals surface area contributed by atoms with Crippen LogP contribution in [-0.2, 0) is 29.4 Å². The topological polar surface area (TPSA) is 0 Å². The third kappa shape index (κ3) is 14.6. The summed E-state index contributed by atoms with van der Waals surface area (Å²) in [6, 6.07) is 12.0. The van der Waals surface area contributed by atoms with Crippen LogP contribution >= 0.6 is 0 Å². The number of rotatable bonds is 2. The Morgan fingerprint density at radius 3 is 1.71 bits per heavy atom. The molecule has 2 aliphatic rings. The van der Waals surface area contributed by atoms with Gasteiger partial charge in [0.1, 0.15) is 0 Å². The van der Waals surface area contributed by atoms with Crippen LogP contribution in [0, 0.1) is 12.2 Å². The van der Waals surface area contributed by atoms with Crippen LogP contribution in [0.25, 0.3) is 0 Å². The van der Waals surface area contributed by atoms with Crippen LogP contribution in [0.4, 0.5) is 0 Å². The van der Waals surface area contributed by atoms with Crippen molar-refractivity contribution < 1.29 is 48.1 Å². The average Bonchev–Trinajstić information content (AvgIpc) is 3.19. The minimum absolute atomic E-state index is 0. The van der Waals surface area contributed by atoms with E-state index in [-0.39, 0.29) is 24.8 Å². The molecular formula is C17H18Cl2SiZr-2. The van der Waals surface area contributed by atoms with Gasteiger partial charge in [0.2, 0.25) is 0 Å². The summed E-state index contributed by atoms with van der Waals surface area (Å²) in [5.41, 5.74) is 1.50. The maximum absolute atomic E-state index is 2.99. The molecule has 0 saturated heterocycles. The summed E-state index contributed by atoms with van der Waals surface area (Å²) in [7, 11) is 0. The van der Waals surface area contributed by atoms with Crippen molar-refractivity contribution in [3.8, 4) is 0 Å². The molecule has 0 unspecified atom stereocenters. The molecule has 0 amide bonds. The van der Waals surface area contributed by atoms with Gasteiger partial charge in [-0.2, -0.15) is 12.2 Å². The van der Waals surface area contributed by atoms with E-state index in [4.69, 9.17) is 0 Å². The third-order valence-corrected chi connectivity index (χ3v) is 4.53. The van der Waals surface area contributed by atoms with Gasteiger partial charge in [-0.15, -0.1) is 12.8 Å². The first-order valence-corrected chi connectivity index (χ1v) is 12.0. The number of benzene rings is 1. The molecule has 0 saturated carbocycles. The average molecular weight is 413 g/mol. The van der Waals surface area contributed by atoms with Gasteiger partial charge >= 0.3 is 71.4 Å². The Morgan fingerprint density at radius 2 is 1.43 bits per heavy atom. The first kappa shape index (κ1) is 23.1. The quantitative estimate of drug-likeness (QED) is 0.379. The summed E-state index contributed by atoms with van der Waals surface area (Å²) in [4.78, 5) is 0. The van der Waals surface area contributed by atoms with E-state index in [1.165, 1.54) is 11.6 Å². The molecule has 0 aliphatic heterocycles. The Balaban J connectivity index is 0. The van der Waals surface area contributed by atoms with E-state index in [9.17, 15) is 0 Å². The Bertz CT molecular complexity index is 423. The monoisotopic (exact) mass is 410 g/mol. The predicted molar refractivity (Wildman–Crippen MR) is 80.4 cm³/mol. The zero-order valence-corrected chi connectivity index (χ0v) is 16.9. The second kappa shape index (κ2) is 17.9. The van der Waals surface area contributed by atoms with Gasteiger partial charge in [-0.05, 0) is 0 Å². The Labute approximate surface area is 156 Å². The molecule has 0 atom stereocenters. The standard InChI is InChI=1S/C7H8Si.2C5H5.2ClH.Zr/c8-6-7-4-2-1-3-5-7;2*1-2-4-5-3-1;;;/h1-5,8H,6H2;2*1-3H,4H2;2*1H;/q;2*-1;;;+2/p-2. The van der Waals surface area contributed by atoms with Crippen molar-refractivity contribution in [1.29, 1.82) is 0 Å². The van der Waals surface area contributed by atoms with E-state index in [0.29, 0.717) is 6.16 Å². The maximum atomic E-state index is 2.99. The molecule has 110 valence electrons. The van der Waals surface area contributed by atoms with Gasteiger partial charge in [0.25, 0.3) is 0 Å². The summed E-state index contributed by atoms with van der Waals surface area (Å²) in [5.74, 6) is 0. The number of allylic oxidation sites excluding steroid dienone is 8. The van der Waals surface area contributed by atoms with Crippen LogP contribution in [0.1, 0.15) is 18.4 Å². The summed E-state index contributed by atoms with van der Waals surface area (Å²) in [6.45, 7) is 0. The molecule has 0 heterocycles. The molecule has 0 N–H and O–H groups in total. The van der Waals surface area contributed by atoms with Crippen LogP contribution in [0.3, 0.4) is 0 Å². The third-order valence-electron chi connectivity index (χ3n) is 2.35. The van der Waals surface area contributed by atoms with Crippen LogP contribution in [-0.4, -0.2) is 6.16 Å². The molecule has 1 aromatic carbocycles. The molecule has 21 heavy (non-hydrogen) atoms. The van der Waals surface area contributed by atoms with Crippen molar-refractivity contribution in [2.45, 2.75) is 18.9 Å². The molecule has 0 radical (unpaired) electrons. The van der Waals surface area contributed by atoms with E-state index in [0.717, 1.165) is 12.8 Å². The van der Waals surface area contributed by atoms with E-state index < -0.39 is 0 Å². The van der Waals surface area contributed by atoms with E-state index in [1.807, 2.05) is 24.3 Å². The molecule has 0 spiro atoms. The van der Waals surface area contributed by atoms with Gasteiger partial charge in [0, 0.05) is 0 Å². The number of hydrogen-bond acceptors (Lipinski definition) is 0. The number of halogens is 2. The molecular weight excluding hydrogens is 394 g/mol. The first-order valence-electron chi connectivity index (χ1n) is 6.40. The molecule has 3 rings (SSSR count). The van der Waals surface area contributed by atoms with E-state index in [1.54, 1.807) is 23.3 Å². The first-order chi connectivity index (χ1) is 9.43. The van der Waals surface area contributed by atoms with E-state index >= 15 is 0 Å². The zero-order valence-electron chi connectivity index (χ0n) is 11.8. The second-order valence-electron chi connectivity index (χ2n) is 3.90. The molecule has 0 nitrogen and oxygen atoms in total. The molecule has 2 aliphatic carbocycles. The van der Waals surface area contributed by atoms with Crippen molar-refractivity contribution in [3.63, 3.8) is 0 Å². The number of hydrogen-bond donors (Lipinski definition) is 0. The minimum atomic E-state index is 0. The normalized spacial score (nSPS) is 12.3. The molecule has 0 fully saturated rings. The summed E-state index contributed by atoms with van der Waals surface area (Å²) < 4.78 is 0. The van der Waals surface area contributed by atoms with Gasteiger partial charge in [-0.1, -0.05) is 0 Å². The van der Waals surface area contributed by atoms with Crippen LogP contribution in [0.15, 0.2) is 66.8 Å².